The highest BCUT2D eigenvalue weighted by Gasteiger charge is 2.05. The number of carbonyl (C=O) groups is 2. The molecule has 3 rings (SSSR count). The Kier molecular flexibility index (Phi) is 8.08. The predicted octanol–water partition coefficient (Wildman–Crippen LogP) is 6.74. The molecule has 170 valence electrons. The molecule has 0 saturated carbocycles. The lowest BCUT2D eigenvalue weighted by molar-refractivity contribution is -0.130. The van der Waals surface area contributed by atoms with Crippen LogP contribution in [0.3, 0.4) is 0 Å². The topological polar surface area (TPSA) is 52.6 Å². The zero-order chi connectivity index (χ0) is 24.5. The summed E-state index contributed by atoms with van der Waals surface area (Å²) >= 11 is 0. The predicted molar refractivity (Wildman–Crippen MR) is 133 cm³/mol. The maximum Gasteiger partial charge on any atom is 0.338 e. The second-order valence-electron chi connectivity index (χ2n) is 7.39. The summed E-state index contributed by atoms with van der Waals surface area (Å²) in [5.41, 5.74) is 2.96. The highest BCUT2D eigenvalue weighted by Crippen LogP contribution is 2.20. The largest absolute Gasteiger partial charge is 0.423 e. The van der Waals surface area contributed by atoms with Gasteiger partial charge in [0.25, 0.3) is 0 Å². The molecule has 0 N–H and O–H groups in total. The van der Waals surface area contributed by atoms with Crippen molar-refractivity contribution < 1.29 is 23.5 Å². The molecular formula is C29H23FO4. The molecule has 5 heteroatoms. The van der Waals surface area contributed by atoms with Crippen LogP contribution in [0.4, 0.5) is 4.39 Å². The van der Waals surface area contributed by atoms with Gasteiger partial charge in [0.15, 0.2) is 0 Å². The second kappa shape index (κ2) is 11.4. The molecule has 34 heavy (non-hydrogen) atoms. The van der Waals surface area contributed by atoms with E-state index < -0.39 is 11.9 Å². The van der Waals surface area contributed by atoms with Crippen LogP contribution in [-0.2, 0) is 9.59 Å². The van der Waals surface area contributed by atoms with E-state index in [1.54, 1.807) is 79.8 Å². The summed E-state index contributed by atoms with van der Waals surface area (Å²) in [6.45, 7) is 8.51. The van der Waals surface area contributed by atoms with Crippen molar-refractivity contribution in [2.45, 2.75) is 6.92 Å². The maximum atomic E-state index is 14.6. The van der Waals surface area contributed by atoms with E-state index in [-0.39, 0.29) is 5.82 Å². The van der Waals surface area contributed by atoms with Crippen LogP contribution in [-0.4, -0.2) is 11.9 Å². The third-order valence-electron chi connectivity index (χ3n) is 4.61. The molecule has 0 spiro atoms. The van der Waals surface area contributed by atoms with Gasteiger partial charge >= 0.3 is 11.9 Å². The van der Waals surface area contributed by atoms with E-state index in [0.717, 1.165) is 17.2 Å². The van der Waals surface area contributed by atoms with Crippen molar-refractivity contribution in [1.82, 2.24) is 0 Å². The fourth-order valence-corrected chi connectivity index (χ4v) is 2.88. The lowest BCUT2D eigenvalue weighted by Gasteiger charge is -2.04. The fourth-order valence-electron chi connectivity index (χ4n) is 2.88. The van der Waals surface area contributed by atoms with Gasteiger partial charge < -0.3 is 9.47 Å². The van der Waals surface area contributed by atoms with E-state index in [0.29, 0.717) is 28.2 Å². The normalized spacial score (nSPS) is 10.9. The average Bonchev–Trinajstić information content (AvgIpc) is 2.82. The first-order chi connectivity index (χ1) is 16.3. The number of hydrogen-bond acceptors (Lipinski definition) is 4. The number of rotatable bonds is 8. The number of carbonyl (C=O) groups excluding carboxylic acids is 2. The summed E-state index contributed by atoms with van der Waals surface area (Å²) < 4.78 is 25.0. The molecule has 3 aromatic carbocycles. The SMILES string of the molecule is C=CC(=O)Oc1cccc(C=Cc2ccc(C=Cc3cccc(OC(=O)C(=C)C)c3)cc2F)c1. The van der Waals surface area contributed by atoms with Crippen molar-refractivity contribution in [1.29, 1.82) is 0 Å². The lowest BCUT2D eigenvalue weighted by Crippen LogP contribution is -2.08. The van der Waals surface area contributed by atoms with Crippen LogP contribution < -0.4 is 9.47 Å². The van der Waals surface area contributed by atoms with E-state index in [2.05, 4.69) is 13.2 Å². The first kappa shape index (κ1) is 24.1. The summed E-state index contributed by atoms with van der Waals surface area (Å²) in [6, 6.07) is 18.8. The Morgan fingerprint density at radius 1 is 0.794 bits per heavy atom. The quantitative estimate of drug-likeness (QED) is 0.164. The van der Waals surface area contributed by atoms with E-state index in [1.807, 2.05) is 12.1 Å². The molecule has 0 amide bonds. The first-order valence-electron chi connectivity index (χ1n) is 10.4. The summed E-state index contributed by atoms with van der Waals surface area (Å²) in [7, 11) is 0. The van der Waals surface area contributed by atoms with Gasteiger partial charge in [-0.2, -0.15) is 0 Å². The monoisotopic (exact) mass is 454 g/mol. The number of ether oxygens (including phenoxy) is 2. The minimum atomic E-state index is -0.546. The average molecular weight is 454 g/mol. The molecule has 0 bridgehead atoms. The van der Waals surface area contributed by atoms with Crippen molar-refractivity contribution in [3.63, 3.8) is 0 Å². The molecule has 0 aromatic heterocycles. The minimum Gasteiger partial charge on any atom is -0.423 e. The molecule has 3 aromatic rings. The molecular weight excluding hydrogens is 431 g/mol. The minimum absolute atomic E-state index is 0.314. The van der Waals surface area contributed by atoms with Crippen molar-refractivity contribution >= 4 is 36.2 Å². The zero-order valence-corrected chi connectivity index (χ0v) is 18.7. The molecule has 0 aliphatic carbocycles. The molecule has 0 unspecified atom stereocenters. The number of halogens is 1. The zero-order valence-electron chi connectivity index (χ0n) is 18.7. The van der Waals surface area contributed by atoms with Crippen molar-refractivity contribution in [2.75, 3.05) is 0 Å². The number of esters is 2. The highest BCUT2D eigenvalue weighted by atomic mass is 19.1. The Morgan fingerprint density at radius 2 is 1.35 bits per heavy atom. The fraction of sp³-hybridized carbons (Fsp3) is 0.0345. The van der Waals surface area contributed by atoms with Gasteiger partial charge in [-0.1, -0.05) is 73.9 Å². The lowest BCUT2D eigenvalue weighted by atomic mass is 10.1. The smallest absolute Gasteiger partial charge is 0.338 e. The van der Waals surface area contributed by atoms with Crippen molar-refractivity contribution in [3.05, 3.63) is 120 Å². The van der Waals surface area contributed by atoms with E-state index in [4.69, 9.17) is 9.47 Å². The van der Waals surface area contributed by atoms with Gasteiger partial charge in [-0.3, -0.25) is 0 Å². The van der Waals surface area contributed by atoms with Crippen LogP contribution >= 0.6 is 0 Å². The third kappa shape index (κ3) is 7.00. The standard InChI is InChI=1S/C29H23FO4/c1-4-28(31)33-25-9-5-8-22(17-25)13-15-24-16-14-23(19-27(24)30)12-11-21-7-6-10-26(18-21)34-29(32)20(2)3/h4-19H,1-2H2,3H3. The number of hydrogen-bond donors (Lipinski definition) is 0. The first-order valence-corrected chi connectivity index (χ1v) is 10.4. The van der Waals surface area contributed by atoms with Crippen LogP contribution in [0.15, 0.2) is 91.5 Å². The van der Waals surface area contributed by atoms with Crippen LogP contribution in [0.5, 0.6) is 11.5 Å². The van der Waals surface area contributed by atoms with Gasteiger partial charge in [0.1, 0.15) is 17.3 Å². The maximum absolute atomic E-state index is 14.6. The molecule has 4 nitrogen and oxygen atoms in total. The highest BCUT2D eigenvalue weighted by molar-refractivity contribution is 5.89. The Hall–Kier alpha value is -4.51. The molecule has 0 atom stereocenters. The van der Waals surface area contributed by atoms with E-state index in [1.165, 1.54) is 6.07 Å². The van der Waals surface area contributed by atoms with Gasteiger partial charge in [-0.25, -0.2) is 14.0 Å². The molecule has 0 heterocycles. The summed E-state index contributed by atoms with van der Waals surface area (Å²) in [6.07, 6.45) is 8.04. The van der Waals surface area contributed by atoms with Crippen LogP contribution in [0.1, 0.15) is 29.2 Å². The van der Waals surface area contributed by atoms with Gasteiger partial charge in [0, 0.05) is 17.2 Å². The van der Waals surface area contributed by atoms with Crippen molar-refractivity contribution in [2.24, 2.45) is 0 Å². The van der Waals surface area contributed by atoms with Crippen LogP contribution in [0, 0.1) is 5.82 Å². The Labute approximate surface area is 198 Å². The second-order valence-corrected chi connectivity index (χ2v) is 7.39. The van der Waals surface area contributed by atoms with Crippen LogP contribution in [0.2, 0.25) is 0 Å². The molecule has 0 aliphatic rings. The Bertz CT molecular complexity index is 1300. The summed E-state index contributed by atoms with van der Waals surface area (Å²) in [5.74, 6) is -0.625. The van der Waals surface area contributed by atoms with Gasteiger partial charge in [-0.15, -0.1) is 0 Å². The molecule has 0 aliphatic heterocycles. The number of benzene rings is 3. The summed E-state index contributed by atoms with van der Waals surface area (Å²) in [5, 5.41) is 0. The third-order valence-corrected chi connectivity index (χ3v) is 4.61. The van der Waals surface area contributed by atoms with Gasteiger partial charge in [-0.05, 0) is 53.9 Å². The van der Waals surface area contributed by atoms with Crippen molar-refractivity contribution in [3.8, 4) is 11.5 Å². The molecule has 0 fully saturated rings. The molecule has 0 saturated heterocycles. The van der Waals surface area contributed by atoms with Gasteiger partial charge in [0.2, 0.25) is 0 Å². The molecule has 0 radical (unpaired) electrons. The summed E-state index contributed by atoms with van der Waals surface area (Å²) in [4.78, 5) is 23.0. The Balaban J connectivity index is 1.70. The van der Waals surface area contributed by atoms with E-state index >= 15 is 0 Å². The Morgan fingerprint density at radius 3 is 1.91 bits per heavy atom. The van der Waals surface area contributed by atoms with E-state index in [9.17, 15) is 14.0 Å². The van der Waals surface area contributed by atoms with Crippen LogP contribution in [0.25, 0.3) is 24.3 Å². The van der Waals surface area contributed by atoms with Gasteiger partial charge in [0.05, 0.1) is 0 Å².